The molecule has 1 heterocycles. The van der Waals surface area contributed by atoms with Crippen LogP contribution in [0.1, 0.15) is 37.8 Å². The first kappa shape index (κ1) is 35.7. The van der Waals surface area contributed by atoms with Crippen LogP contribution in [0.4, 0.5) is 10.1 Å². The lowest BCUT2D eigenvalue weighted by atomic mass is 10.1. The Hall–Kier alpha value is -3.35. The minimum absolute atomic E-state index is 0. The van der Waals surface area contributed by atoms with Crippen LogP contribution in [-0.2, 0) is 19.6 Å². The van der Waals surface area contributed by atoms with Crippen molar-refractivity contribution in [2.24, 2.45) is 5.73 Å². The maximum absolute atomic E-state index is 15.2. The molecule has 1 saturated heterocycles. The number of amidine groups is 2. The highest BCUT2D eigenvalue weighted by atomic mass is 35.5. The van der Waals surface area contributed by atoms with Crippen LogP contribution in [0.25, 0.3) is 6.08 Å². The number of nitrogens with zero attached hydrogens (tertiary/aromatic N) is 2. The molecule has 4 N–H and O–H groups in total. The van der Waals surface area contributed by atoms with Crippen molar-refractivity contribution in [1.82, 2.24) is 4.90 Å². The van der Waals surface area contributed by atoms with Gasteiger partial charge in [0.1, 0.15) is 23.5 Å². The molecule has 3 rings (SSSR count). The first-order chi connectivity index (χ1) is 18.5. The molecule has 41 heavy (non-hydrogen) atoms. The number of benzene rings is 2. The van der Waals surface area contributed by atoms with E-state index in [4.69, 9.17) is 26.0 Å². The summed E-state index contributed by atoms with van der Waals surface area (Å²) in [5.74, 6) is -1.79. The quantitative estimate of drug-likeness (QED) is 0.189. The van der Waals surface area contributed by atoms with Crippen molar-refractivity contribution >= 4 is 64.2 Å². The summed E-state index contributed by atoms with van der Waals surface area (Å²) in [4.78, 5) is 14.0. The van der Waals surface area contributed by atoms with Crippen LogP contribution in [0, 0.1) is 10.8 Å². The molecule has 0 aromatic heterocycles. The average Bonchev–Trinajstić information content (AvgIpc) is 2.88. The van der Waals surface area contributed by atoms with Gasteiger partial charge in [-0.05, 0) is 55.8 Å². The zero-order valence-electron chi connectivity index (χ0n) is 22.8. The molecule has 0 aliphatic carbocycles. The molecule has 0 unspecified atom stereocenters. The van der Waals surface area contributed by atoms with E-state index < -0.39 is 34.1 Å². The Balaban J connectivity index is 0.00000420. The number of hydrogen-bond donors (Lipinski definition) is 3. The average molecular weight is 633 g/mol. The predicted molar refractivity (Wildman–Crippen MR) is 164 cm³/mol. The van der Waals surface area contributed by atoms with Gasteiger partial charge in [0.05, 0.1) is 24.7 Å². The summed E-state index contributed by atoms with van der Waals surface area (Å²) < 4.78 is 53.2. The van der Waals surface area contributed by atoms with E-state index in [1.807, 2.05) is 4.90 Å². The number of nitrogen functional groups attached to an aromatic ring is 1. The zero-order valence-corrected chi connectivity index (χ0v) is 25.3. The van der Waals surface area contributed by atoms with Crippen LogP contribution in [0.15, 0.2) is 54.4 Å². The van der Waals surface area contributed by atoms with E-state index in [-0.39, 0.29) is 49.0 Å². The van der Waals surface area contributed by atoms with Crippen LogP contribution in [-0.4, -0.2) is 69.1 Å². The second-order valence-corrected chi connectivity index (χ2v) is 11.0. The smallest absolute Gasteiger partial charge is 0.323 e. The maximum Gasteiger partial charge on any atom is 0.323 e. The Bertz CT molecular complexity index is 1330. The van der Waals surface area contributed by atoms with E-state index in [0.717, 1.165) is 36.3 Å². The maximum atomic E-state index is 15.2. The molecule has 0 bridgehead atoms. The monoisotopic (exact) mass is 631 g/mol. The number of likely N-dealkylation sites (tertiary alicyclic amines) is 1. The number of piperidine rings is 1. The fraction of sp³-hybridized carbons (Fsp3) is 0.370. The van der Waals surface area contributed by atoms with Crippen LogP contribution in [0.3, 0.4) is 0 Å². The van der Waals surface area contributed by atoms with Crippen LogP contribution in [0.5, 0.6) is 5.75 Å². The summed E-state index contributed by atoms with van der Waals surface area (Å²) in [6.07, 6.45) is 2.61. The number of carbonyl (C=O) groups excluding carboxylic acids is 1. The summed E-state index contributed by atoms with van der Waals surface area (Å²) in [5, 5.41) is 15.3. The summed E-state index contributed by atoms with van der Waals surface area (Å²) in [7, 11) is -4.30. The highest BCUT2D eigenvalue weighted by Gasteiger charge is 2.28. The van der Waals surface area contributed by atoms with Gasteiger partial charge in [0, 0.05) is 31.5 Å². The van der Waals surface area contributed by atoms with E-state index in [1.54, 1.807) is 44.2 Å². The molecule has 1 fully saturated rings. The highest BCUT2D eigenvalue weighted by Crippen LogP contribution is 2.26. The lowest BCUT2D eigenvalue weighted by molar-refractivity contribution is -0.139. The molecule has 1 aliphatic heterocycles. The fourth-order valence-corrected chi connectivity index (χ4v) is 5.43. The molecule has 226 valence electrons. The van der Waals surface area contributed by atoms with Gasteiger partial charge < -0.3 is 20.1 Å². The van der Waals surface area contributed by atoms with E-state index in [9.17, 15) is 13.2 Å². The molecule has 2 aromatic carbocycles. The zero-order chi connectivity index (χ0) is 28.6. The molecule has 0 spiro atoms. The van der Waals surface area contributed by atoms with Crippen molar-refractivity contribution in [3.05, 3.63) is 65.5 Å². The van der Waals surface area contributed by atoms with E-state index in [2.05, 4.69) is 0 Å². The first-order valence-electron chi connectivity index (χ1n) is 12.5. The van der Waals surface area contributed by atoms with Crippen molar-refractivity contribution in [3.8, 4) is 5.75 Å². The molecule has 1 aliphatic rings. The fourth-order valence-electron chi connectivity index (χ4n) is 4.13. The van der Waals surface area contributed by atoms with Gasteiger partial charge in [-0.25, -0.2) is 12.8 Å². The van der Waals surface area contributed by atoms with Gasteiger partial charge in [-0.1, -0.05) is 18.2 Å². The summed E-state index contributed by atoms with van der Waals surface area (Å²) >= 11 is 0. The number of ether oxygens (including phenoxy) is 2. The number of halogens is 3. The van der Waals surface area contributed by atoms with Gasteiger partial charge in [-0.3, -0.25) is 19.9 Å². The molecule has 10 nitrogen and oxygen atoms in total. The molecule has 0 atom stereocenters. The Morgan fingerprint density at radius 1 is 1.15 bits per heavy atom. The number of carbonyl (C=O) groups is 1. The van der Waals surface area contributed by atoms with E-state index in [0.29, 0.717) is 22.7 Å². The lowest BCUT2D eigenvalue weighted by Gasteiger charge is -2.33. The van der Waals surface area contributed by atoms with Crippen molar-refractivity contribution in [3.63, 3.8) is 0 Å². The predicted octanol–water partition coefficient (Wildman–Crippen LogP) is 4.36. The number of nitrogens with two attached hydrogens (primary N) is 1. The van der Waals surface area contributed by atoms with Crippen molar-refractivity contribution in [2.75, 3.05) is 36.3 Å². The van der Waals surface area contributed by atoms with E-state index in [1.165, 1.54) is 18.2 Å². The second-order valence-electron chi connectivity index (χ2n) is 9.08. The Labute approximate surface area is 252 Å². The van der Waals surface area contributed by atoms with Crippen molar-refractivity contribution in [1.29, 1.82) is 10.8 Å². The first-order valence-corrected chi connectivity index (χ1v) is 14.1. The number of anilines is 1. The van der Waals surface area contributed by atoms with Crippen LogP contribution in [0.2, 0.25) is 0 Å². The third-order valence-corrected chi connectivity index (χ3v) is 7.71. The van der Waals surface area contributed by atoms with Gasteiger partial charge in [0.25, 0.3) is 0 Å². The molecular weight excluding hydrogens is 596 g/mol. The highest BCUT2D eigenvalue weighted by molar-refractivity contribution is 7.93. The third kappa shape index (κ3) is 10.5. The normalized spacial score (nSPS) is 13.8. The summed E-state index contributed by atoms with van der Waals surface area (Å²) in [6.45, 7) is 4.11. The van der Waals surface area contributed by atoms with Gasteiger partial charge in [-0.2, -0.15) is 0 Å². The van der Waals surface area contributed by atoms with Crippen molar-refractivity contribution < 1.29 is 27.1 Å². The van der Waals surface area contributed by atoms with Crippen LogP contribution < -0.4 is 14.8 Å². The Kier molecular flexibility index (Phi) is 14.1. The minimum Gasteiger partial charge on any atom is -0.490 e. The topological polar surface area (TPSA) is 150 Å². The third-order valence-electron chi connectivity index (χ3n) is 6.10. The molecule has 0 radical (unpaired) electrons. The van der Waals surface area contributed by atoms with Gasteiger partial charge in [0.2, 0.25) is 10.0 Å². The number of sulfonamides is 1. The van der Waals surface area contributed by atoms with Gasteiger partial charge in [-0.15, -0.1) is 24.8 Å². The molecule has 2 aromatic rings. The van der Waals surface area contributed by atoms with Crippen LogP contribution >= 0.6 is 24.8 Å². The summed E-state index contributed by atoms with van der Waals surface area (Å²) in [6, 6.07) is 12.5. The largest absolute Gasteiger partial charge is 0.490 e. The Morgan fingerprint density at radius 2 is 1.78 bits per heavy atom. The SMILES string of the molecule is CCOC(=O)CS(=O)(=O)N(C/C(F)=C/c1cccc(C(=N)N)c1)c1ccc(OC2CCN(C(C)=N)CC2)cc1.Cl.Cl. The lowest BCUT2D eigenvalue weighted by Crippen LogP contribution is -2.40. The minimum atomic E-state index is -4.30. The number of nitrogens with one attached hydrogen (secondary N) is 2. The van der Waals surface area contributed by atoms with E-state index >= 15 is 4.39 Å². The van der Waals surface area contributed by atoms with Crippen molar-refractivity contribution in [2.45, 2.75) is 32.8 Å². The Morgan fingerprint density at radius 3 is 2.34 bits per heavy atom. The standard InChI is InChI=1S/C27H34FN5O5S.2ClH/c1-3-37-26(34)18-39(35,36)33(17-22(28)16-20-5-4-6-21(15-20)27(30)31)23-7-9-24(10-8-23)38-25-11-13-32(14-12-25)19(2)29;;/h4-10,15-16,25,29H,3,11-14,17-18H2,1-2H3,(H3,30,31);2*1H/b22-16-,29-19?;;. The second kappa shape index (κ2) is 16.2. The van der Waals surface area contributed by atoms with Gasteiger partial charge >= 0.3 is 5.97 Å². The molecule has 14 heteroatoms. The number of hydrogen-bond acceptors (Lipinski definition) is 7. The number of rotatable bonds is 11. The molecular formula is C27H36Cl2FN5O5S. The van der Waals surface area contributed by atoms with Gasteiger partial charge in [0.15, 0.2) is 5.75 Å². The summed E-state index contributed by atoms with van der Waals surface area (Å²) in [5.41, 5.74) is 6.46. The molecule has 0 amide bonds. The molecule has 0 saturated carbocycles. The number of esters is 1.